The number of nitrogens with one attached hydrogen (secondary N) is 2. The molecule has 1 unspecified atom stereocenters. The standard InChI is InChI=1S/C24H33N5O2.C4H9NO/c1-3-20-7-4-5-14-29(20)21-11-9-19(10-12-21)25-24(31)28-17-15-27(16-18-28)23(30)22-8-6-13-26(22)2;1-3-6-4-2-5-1/h6,8-13,20H,3-5,7,14-18H2,1-2H3,(H,25,31);5H,1-4H2. The van der Waals surface area contributed by atoms with E-state index >= 15 is 0 Å². The summed E-state index contributed by atoms with van der Waals surface area (Å²) in [7, 11) is 1.87. The zero-order valence-electron chi connectivity index (χ0n) is 22.3. The second-order valence-electron chi connectivity index (χ2n) is 9.87. The Balaban J connectivity index is 0.000000469. The van der Waals surface area contributed by atoms with Crippen LogP contribution in [0.2, 0.25) is 0 Å². The number of rotatable bonds is 4. The van der Waals surface area contributed by atoms with Gasteiger partial charge in [-0.3, -0.25) is 4.79 Å². The van der Waals surface area contributed by atoms with Crippen molar-refractivity contribution in [2.24, 2.45) is 7.05 Å². The largest absolute Gasteiger partial charge is 0.379 e. The van der Waals surface area contributed by atoms with Crippen LogP contribution in [-0.4, -0.2) is 91.4 Å². The van der Waals surface area contributed by atoms with E-state index in [4.69, 9.17) is 4.74 Å². The van der Waals surface area contributed by atoms with Crippen LogP contribution in [0.4, 0.5) is 16.2 Å². The molecule has 5 rings (SSSR count). The maximum atomic E-state index is 12.7. The zero-order valence-corrected chi connectivity index (χ0v) is 22.3. The Morgan fingerprint density at radius 3 is 2.24 bits per heavy atom. The van der Waals surface area contributed by atoms with Gasteiger partial charge >= 0.3 is 6.03 Å². The van der Waals surface area contributed by atoms with Gasteiger partial charge in [-0.2, -0.15) is 0 Å². The van der Waals surface area contributed by atoms with E-state index < -0.39 is 0 Å². The summed E-state index contributed by atoms with van der Waals surface area (Å²) < 4.78 is 6.84. The van der Waals surface area contributed by atoms with Gasteiger partial charge in [0.2, 0.25) is 0 Å². The number of benzene rings is 1. The van der Waals surface area contributed by atoms with Crippen molar-refractivity contribution >= 4 is 23.3 Å². The number of amides is 3. The third-order valence-electron chi connectivity index (χ3n) is 7.41. The Morgan fingerprint density at radius 1 is 0.973 bits per heavy atom. The monoisotopic (exact) mass is 510 g/mol. The molecule has 37 heavy (non-hydrogen) atoms. The maximum absolute atomic E-state index is 12.7. The minimum absolute atomic E-state index is 0.0197. The number of aryl methyl sites for hydroxylation is 1. The van der Waals surface area contributed by atoms with Crippen LogP contribution in [0.1, 0.15) is 43.1 Å². The minimum Gasteiger partial charge on any atom is -0.379 e. The van der Waals surface area contributed by atoms with E-state index in [0.717, 1.165) is 45.0 Å². The van der Waals surface area contributed by atoms with Gasteiger partial charge in [0.25, 0.3) is 5.91 Å². The lowest BCUT2D eigenvalue weighted by molar-refractivity contribution is 0.0662. The van der Waals surface area contributed by atoms with Crippen molar-refractivity contribution < 1.29 is 14.3 Å². The Bertz CT molecular complexity index is 984. The minimum atomic E-state index is -0.108. The smallest absolute Gasteiger partial charge is 0.321 e. The second kappa shape index (κ2) is 13.5. The SMILES string of the molecule is C1COCCN1.CCC1CCCCN1c1ccc(NC(=O)N2CCN(C(=O)c3cccn3C)CC2)cc1. The molecule has 2 N–H and O–H groups in total. The number of ether oxygens (including phenoxy) is 1. The molecule has 0 saturated carbocycles. The predicted octanol–water partition coefficient (Wildman–Crippen LogP) is 3.39. The first-order valence-electron chi connectivity index (χ1n) is 13.7. The molecule has 202 valence electrons. The van der Waals surface area contributed by atoms with Crippen molar-refractivity contribution in [1.29, 1.82) is 0 Å². The van der Waals surface area contributed by atoms with Crippen molar-refractivity contribution in [2.75, 3.05) is 69.2 Å². The first kappa shape index (κ1) is 27.0. The summed E-state index contributed by atoms with van der Waals surface area (Å²) in [5.41, 5.74) is 2.72. The van der Waals surface area contributed by atoms with Gasteiger partial charge in [-0.15, -0.1) is 0 Å². The summed E-state index contributed by atoms with van der Waals surface area (Å²) in [5.74, 6) is 0.0197. The fourth-order valence-corrected chi connectivity index (χ4v) is 5.18. The van der Waals surface area contributed by atoms with Gasteiger partial charge in [0.15, 0.2) is 0 Å². The molecule has 9 nitrogen and oxygen atoms in total. The number of carbonyl (C=O) groups is 2. The average Bonchev–Trinajstić information content (AvgIpc) is 3.40. The molecule has 0 radical (unpaired) electrons. The van der Waals surface area contributed by atoms with Crippen LogP contribution in [0, 0.1) is 0 Å². The lowest BCUT2D eigenvalue weighted by Crippen LogP contribution is -2.51. The quantitative estimate of drug-likeness (QED) is 0.659. The van der Waals surface area contributed by atoms with E-state index in [1.165, 1.54) is 24.9 Å². The molecular formula is C28H42N6O3. The van der Waals surface area contributed by atoms with Gasteiger partial charge in [-0.1, -0.05) is 6.92 Å². The summed E-state index contributed by atoms with van der Waals surface area (Å²) in [6.45, 7) is 9.35. The highest BCUT2D eigenvalue weighted by molar-refractivity contribution is 5.93. The van der Waals surface area contributed by atoms with E-state index in [0.29, 0.717) is 37.9 Å². The van der Waals surface area contributed by atoms with Crippen molar-refractivity contribution in [2.45, 2.75) is 38.6 Å². The molecule has 2 aromatic rings. The van der Waals surface area contributed by atoms with Crippen molar-refractivity contribution in [3.63, 3.8) is 0 Å². The molecule has 3 aliphatic heterocycles. The molecule has 9 heteroatoms. The summed E-state index contributed by atoms with van der Waals surface area (Å²) in [6.07, 6.45) is 6.85. The number of aromatic nitrogens is 1. The second-order valence-corrected chi connectivity index (χ2v) is 9.87. The van der Waals surface area contributed by atoms with Gasteiger partial charge < -0.3 is 34.6 Å². The van der Waals surface area contributed by atoms with Crippen LogP contribution >= 0.6 is 0 Å². The predicted molar refractivity (Wildman–Crippen MR) is 147 cm³/mol. The van der Waals surface area contributed by atoms with E-state index in [1.54, 1.807) is 4.90 Å². The Morgan fingerprint density at radius 2 is 1.68 bits per heavy atom. The third kappa shape index (κ3) is 7.26. The number of hydrogen-bond acceptors (Lipinski definition) is 5. The molecule has 1 atom stereocenters. The van der Waals surface area contributed by atoms with Gasteiger partial charge in [0.05, 0.1) is 13.2 Å². The number of morpholine rings is 1. The maximum Gasteiger partial charge on any atom is 0.321 e. The number of hydrogen-bond donors (Lipinski definition) is 2. The highest BCUT2D eigenvalue weighted by atomic mass is 16.5. The number of carbonyl (C=O) groups excluding carboxylic acids is 2. The number of nitrogens with zero attached hydrogens (tertiary/aromatic N) is 4. The number of urea groups is 1. The molecular weight excluding hydrogens is 468 g/mol. The molecule has 3 aliphatic rings. The number of piperazine rings is 1. The van der Waals surface area contributed by atoms with Gasteiger partial charge in [-0.05, 0) is 62.1 Å². The fraction of sp³-hybridized carbons (Fsp3) is 0.571. The Labute approximate surface area is 220 Å². The Kier molecular flexibility index (Phi) is 9.85. The van der Waals surface area contributed by atoms with E-state index in [-0.39, 0.29) is 11.9 Å². The highest BCUT2D eigenvalue weighted by Crippen LogP contribution is 2.27. The van der Waals surface area contributed by atoms with E-state index in [9.17, 15) is 9.59 Å². The summed E-state index contributed by atoms with van der Waals surface area (Å²) in [4.78, 5) is 31.4. The Hall–Kier alpha value is -3.04. The van der Waals surface area contributed by atoms with Crippen molar-refractivity contribution in [3.05, 3.63) is 48.3 Å². The zero-order chi connectivity index (χ0) is 26.0. The first-order chi connectivity index (χ1) is 18.1. The van der Waals surface area contributed by atoms with Crippen molar-refractivity contribution in [3.8, 4) is 0 Å². The molecule has 1 aromatic heterocycles. The highest BCUT2D eigenvalue weighted by Gasteiger charge is 2.26. The van der Waals surface area contributed by atoms with Gasteiger partial charge in [0.1, 0.15) is 5.69 Å². The molecule has 1 aromatic carbocycles. The van der Waals surface area contributed by atoms with Crippen LogP contribution in [0.15, 0.2) is 42.6 Å². The molecule has 0 bridgehead atoms. The van der Waals surface area contributed by atoms with Gasteiger partial charge in [0, 0.05) is 76.5 Å². The topological polar surface area (TPSA) is 82.1 Å². The molecule has 0 aliphatic carbocycles. The van der Waals surface area contributed by atoms with Crippen LogP contribution in [0.3, 0.4) is 0 Å². The normalized spacial score (nSPS) is 20.2. The fourth-order valence-electron chi connectivity index (χ4n) is 5.18. The average molecular weight is 511 g/mol. The summed E-state index contributed by atoms with van der Waals surface area (Å²) in [5, 5.41) is 6.17. The molecule has 3 fully saturated rings. The summed E-state index contributed by atoms with van der Waals surface area (Å²) >= 11 is 0. The number of piperidine rings is 1. The van der Waals surface area contributed by atoms with Gasteiger partial charge in [-0.25, -0.2) is 4.79 Å². The molecule has 4 heterocycles. The lowest BCUT2D eigenvalue weighted by atomic mass is 9.99. The lowest BCUT2D eigenvalue weighted by Gasteiger charge is -2.37. The van der Waals surface area contributed by atoms with Crippen LogP contribution in [0.5, 0.6) is 0 Å². The molecule has 3 saturated heterocycles. The van der Waals surface area contributed by atoms with Crippen molar-refractivity contribution in [1.82, 2.24) is 19.7 Å². The summed E-state index contributed by atoms with van der Waals surface area (Å²) in [6, 6.07) is 12.4. The van der Waals surface area contributed by atoms with E-state index in [2.05, 4.69) is 34.6 Å². The molecule has 3 amide bonds. The first-order valence-corrected chi connectivity index (χ1v) is 13.7. The van der Waals surface area contributed by atoms with Crippen LogP contribution in [0.25, 0.3) is 0 Å². The van der Waals surface area contributed by atoms with E-state index in [1.807, 2.05) is 47.0 Å². The van der Waals surface area contributed by atoms with Crippen LogP contribution in [-0.2, 0) is 11.8 Å². The number of anilines is 2. The van der Waals surface area contributed by atoms with Crippen LogP contribution < -0.4 is 15.5 Å². The molecule has 0 spiro atoms. The third-order valence-corrected chi connectivity index (χ3v) is 7.41.